The molecule has 1 aliphatic carbocycles. The topological polar surface area (TPSA) is 59.1 Å². The summed E-state index contributed by atoms with van der Waals surface area (Å²) in [4.78, 5) is 11.4. The van der Waals surface area contributed by atoms with Crippen molar-refractivity contribution in [3.8, 4) is 0 Å². The van der Waals surface area contributed by atoms with Crippen LogP contribution in [0.3, 0.4) is 0 Å². The van der Waals surface area contributed by atoms with Crippen molar-refractivity contribution in [1.29, 1.82) is 0 Å². The Kier molecular flexibility index (Phi) is 5.79. The van der Waals surface area contributed by atoms with Gasteiger partial charge in [-0.25, -0.2) is 9.97 Å². The number of anilines is 1. The van der Waals surface area contributed by atoms with Crippen LogP contribution in [0.2, 0.25) is 0 Å². The van der Waals surface area contributed by atoms with E-state index in [9.17, 15) is 0 Å². The predicted molar refractivity (Wildman–Crippen MR) is 103 cm³/mol. The minimum Gasteiger partial charge on any atom is -0.377 e. The van der Waals surface area contributed by atoms with E-state index in [4.69, 9.17) is 4.74 Å². The number of nitrogens with one attached hydrogen (secondary N) is 2. The van der Waals surface area contributed by atoms with Gasteiger partial charge >= 0.3 is 0 Å². The zero-order chi connectivity index (χ0) is 16.9. The molecule has 2 aromatic heterocycles. The van der Waals surface area contributed by atoms with Gasteiger partial charge < -0.3 is 15.4 Å². The van der Waals surface area contributed by atoms with Crippen LogP contribution in [-0.2, 0) is 11.3 Å². The normalized spacial score (nSPS) is 22.3. The lowest BCUT2D eigenvalue weighted by Gasteiger charge is -2.17. The summed E-state index contributed by atoms with van der Waals surface area (Å²) in [6.45, 7) is 2.73. The average molecular weight is 361 g/mol. The van der Waals surface area contributed by atoms with Gasteiger partial charge in [-0.15, -0.1) is 11.3 Å². The number of ether oxygens (including phenoxy) is 1. The first-order valence-electron chi connectivity index (χ1n) is 9.71. The van der Waals surface area contributed by atoms with Gasteiger partial charge in [-0.1, -0.05) is 25.7 Å². The third-order valence-electron chi connectivity index (χ3n) is 5.27. The van der Waals surface area contributed by atoms with Gasteiger partial charge in [0.15, 0.2) is 0 Å². The van der Waals surface area contributed by atoms with E-state index < -0.39 is 0 Å². The number of thiophene rings is 1. The van der Waals surface area contributed by atoms with E-state index in [0.717, 1.165) is 30.3 Å². The molecule has 5 nitrogen and oxygen atoms in total. The Labute approximate surface area is 153 Å². The van der Waals surface area contributed by atoms with E-state index in [-0.39, 0.29) is 0 Å². The Hall–Kier alpha value is -1.24. The monoisotopic (exact) mass is 360 g/mol. The molecule has 1 saturated carbocycles. The summed E-state index contributed by atoms with van der Waals surface area (Å²) in [6, 6.07) is 2.81. The summed E-state index contributed by atoms with van der Waals surface area (Å²) in [5, 5.41) is 8.40. The second-order valence-electron chi connectivity index (χ2n) is 7.25. The molecule has 0 bridgehead atoms. The van der Waals surface area contributed by atoms with Crippen LogP contribution in [0, 0.1) is 0 Å². The molecule has 1 saturated heterocycles. The maximum absolute atomic E-state index is 5.67. The summed E-state index contributed by atoms with van der Waals surface area (Å²) in [5.41, 5.74) is 0. The Bertz CT molecular complexity index is 675. The maximum Gasteiger partial charge on any atom is 0.138 e. The zero-order valence-electron chi connectivity index (χ0n) is 14.8. The number of rotatable bonds is 6. The van der Waals surface area contributed by atoms with Crippen molar-refractivity contribution < 1.29 is 4.74 Å². The first-order chi connectivity index (χ1) is 12.4. The third kappa shape index (κ3) is 4.49. The van der Waals surface area contributed by atoms with Gasteiger partial charge in [-0.3, -0.25) is 0 Å². The molecule has 0 unspecified atom stereocenters. The molecule has 0 amide bonds. The van der Waals surface area contributed by atoms with Gasteiger partial charge in [-0.05, 0) is 31.7 Å². The standard InChI is InChI=1S/C19H28N4OS/c1-2-4-7-14(6-3-1)23-18-17-10-16(25-19(17)22-13-21-18)12-20-11-15-8-5-9-24-15/h10,13-15,20H,1-9,11-12H2,(H,21,22,23)/t15-/m0/s1. The highest BCUT2D eigenvalue weighted by atomic mass is 32.1. The zero-order valence-corrected chi connectivity index (χ0v) is 15.6. The minimum absolute atomic E-state index is 0.390. The van der Waals surface area contributed by atoms with E-state index in [1.807, 2.05) is 0 Å². The fourth-order valence-corrected chi connectivity index (χ4v) is 4.85. The van der Waals surface area contributed by atoms with Crippen LogP contribution in [0.15, 0.2) is 12.4 Å². The molecular weight excluding hydrogens is 332 g/mol. The SMILES string of the molecule is c1nc(NC2CCCCCC2)c2cc(CNC[C@@H]3CCCO3)sc2n1. The van der Waals surface area contributed by atoms with Crippen molar-refractivity contribution >= 4 is 27.4 Å². The van der Waals surface area contributed by atoms with E-state index in [1.54, 1.807) is 17.7 Å². The molecule has 6 heteroatoms. The molecule has 2 N–H and O–H groups in total. The molecule has 2 fully saturated rings. The number of nitrogens with zero attached hydrogens (tertiary/aromatic N) is 2. The molecule has 136 valence electrons. The van der Waals surface area contributed by atoms with E-state index >= 15 is 0 Å². The van der Waals surface area contributed by atoms with Crippen molar-refractivity contribution in [3.05, 3.63) is 17.3 Å². The average Bonchev–Trinajstić information content (AvgIpc) is 3.21. The summed E-state index contributed by atoms with van der Waals surface area (Å²) < 4.78 is 5.67. The quantitative estimate of drug-likeness (QED) is 0.760. The van der Waals surface area contributed by atoms with Gasteiger partial charge in [0.1, 0.15) is 17.0 Å². The highest BCUT2D eigenvalue weighted by Gasteiger charge is 2.17. The third-order valence-corrected chi connectivity index (χ3v) is 6.31. The van der Waals surface area contributed by atoms with Gasteiger partial charge in [0.25, 0.3) is 0 Å². The fraction of sp³-hybridized carbons (Fsp3) is 0.684. The van der Waals surface area contributed by atoms with Gasteiger partial charge in [0.2, 0.25) is 0 Å². The molecule has 1 aliphatic heterocycles. The molecule has 3 heterocycles. The number of fused-ring (bicyclic) bond motifs is 1. The predicted octanol–water partition coefficient (Wildman–Crippen LogP) is 4.09. The maximum atomic E-state index is 5.67. The van der Waals surface area contributed by atoms with Crippen LogP contribution in [0.5, 0.6) is 0 Å². The van der Waals surface area contributed by atoms with Gasteiger partial charge in [0, 0.05) is 30.6 Å². The summed E-state index contributed by atoms with van der Waals surface area (Å²) >= 11 is 1.77. The molecule has 2 aliphatic rings. The fourth-order valence-electron chi connectivity index (χ4n) is 3.89. The van der Waals surface area contributed by atoms with Crippen LogP contribution >= 0.6 is 11.3 Å². The molecule has 0 aromatic carbocycles. The lowest BCUT2D eigenvalue weighted by Crippen LogP contribution is -2.25. The van der Waals surface area contributed by atoms with E-state index in [2.05, 4.69) is 26.7 Å². The van der Waals surface area contributed by atoms with Crippen molar-refractivity contribution in [2.45, 2.75) is 70.1 Å². The molecular formula is C19H28N4OS. The van der Waals surface area contributed by atoms with Crippen molar-refractivity contribution in [3.63, 3.8) is 0 Å². The second kappa shape index (κ2) is 8.43. The first kappa shape index (κ1) is 17.2. The second-order valence-corrected chi connectivity index (χ2v) is 8.37. The Morgan fingerprint density at radius 2 is 1.96 bits per heavy atom. The summed E-state index contributed by atoms with van der Waals surface area (Å²) in [5.74, 6) is 1.01. The largest absolute Gasteiger partial charge is 0.377 e. The Morgan fingerprint density at radius 3 is 2.76 bits per heavy atom. The molecule has 1 atom stereocenters. The van der Waals surface area contributed by atoms with E-state index in [0.29, 0.717) is 12.1 Å². The van der Waals surface area contributed by atoms with Crippen LogP contribution in [0.25, 0.3) is 10.2 Å². The van der Waals surface area contributed by atoms with Crippen molar-refractivity contribution in [1.82, 2.24) is 15.3 Å². The van der Waals surface area contributed by atoms with Crippen molar-refractivity contribution in [2.75, 3.05) is 18.5 Å². The highest BCUT2D eigenvalue weighted by molar-refractivity contribution is 7.18. The smallest absolute Gasteiger partial charge is 0.138 e. The van der Waals surface area contributed by atoms with Crippen LogP contribution in [-0.4, -0.2) is 35.3 Å². The highest BCUT2D eigenvalue weighted by Crippen LogP contribution is 2.30. The lowest BCUT2D eigenvalue weighted by atomic mass is 10.1. The van der Waals surface area contributed by atoms with Gasteiger partial charge in [0.05, 0.1) is 11.5 Å². The van der Waals surface area contributed by atoms with Crippen LogP contribution in [0.4, 0.5) is 5.82 Å². The first-order valence-corrected chi connectivity index (χ1v) is 10.5. The Morgan fingerprint density at radius 1 is 1.08 bits per heavy atom. The molecule has 0 spiro atoms. The molecule has 2 aromatic rings. The van der Waals surface area contributed by atoms with Crippen LogP contribution < -0.4 is 10.6 Å². The summed E-state index contributed by atoms with van der Waals surface area (Å²) in [7, 11) is 0. The Balaban J connectivity index is 1.40. The van der Waals surface area contributed by atoms with E-state index in [1.165, 1.54) is 61.6 Å². The number of aromatic nitrogens is 2. The van der Waals surface area contributed by atoms with Crippen molar-refractivity contribution in [2.24, 2.45) is 0 Å². The lowest BCUT2D eigenvalue weighted by molar-refractivity contribution is 0.110. The molecule has 25 heavy (non-hydrogen) atoms. The summed E-state index contributed by atoms with van der Waals surface area (Å²) in [6.07, 6.45) is 12.4. The number of hydrogen-bond donors (Lipinski definition) is 2. The van der Waals surface area contributed by atoms with Crippen LogP contribution in [0.1, 0.15) is 56.2 Å². The minimum atomic E-state index is 0.390. The molecule has 4 rings (SSSR count). The number of hydrogen-bond acceptors (Lipinski definition) is 6. The van der Waals surface area contributed by atoms with Gasteiger partial charge in [-0.2, -0.15) is 0 Å². The molecule has 0 radical (unpaired) electrons.